The highest BCUT2D eigenvalue weighted by Crippen LogP contribution is 2.31. The van der Waals surface area contributed by atoms with Crippen LogP contribution < -0.4 is 0 Å². The smallest absolute Gasteiger partial charge is 0.410 e. The third-order valence-electron chi connectivity index (χ3n) is 5.14. The summed E-state index contributed by atoms with van der Waals surface area (Å²) in [6.07, 6.45) is 1.21. The Morgan fingerprint density at radius 3 is 2.57 bits per heavy atom. The van der Waals surface area contributed by atoms with Gasteiger partial charge in [-0.15, -0.1) is 0 Å². The molecule has 0 bridgehead atoms. The first-order valence-corrected chi connectivity index (χ1v) is 10.3. The van der Waals surface area contributed by atoms with Crippen molar-refractivity contribution < 1.29 is 24.9 Å². The van der Waals surface area contributed by atoms with Crippen molar-refractivity contribution in [1.29, 1.82) is 0 Å². The second kappa shape index (κ2) is 8.46. The van der Waals surface area contributed by atoms with Gasteiger partial charge in [-0.05, 0) is 75.4 Å². The number of halogens is 1. The Morgan fingerprint density at radius 1 is 1.17 bits per heavy atom. The zero-order valence-corrected chi connectivity index (χ0v) is 18.2. The lowest BCUT2D eigenvalue weighted by Crippen LogP contribution is -2.52. The molecule has 0 spiro atoms. The number of amides is 1. The number of carbonyl (C=O) groups is 1. The summed E-state index contributed by atoms with van der Waals surface area (Å²) >= 11 is 6.01. The van der Waals surface area contributed by atoms with Gasteiger partial charge >= 0.3 is 6.09 Å². The van der Waals surface area contributed by atoms with Crippen molar-refractivity contribution >= 4 is 17.7 Å². The molecule has 162 valence electrons. The third-order valence-corrected chi connectivity index (χ3v) is 5.37. The number of aliphatic hydroxyl groups is 2. The lowest BCUT2D eigenvalue weighted by molar-refractivity contribution is -0.184. The Bertz CT molecular complexity index is 922. The summed E-state index contributed by atoms with van der Waals surface area (Å²) in [6, 6.07) is 11.2. The molecule has 1 aliphatic rings. The monoisotopic (exact) mass is 433 g/mol. The quantitative estimate of drug-likeness (QED) is 0.634. The third kappa shape index (κ3) is 5.45. The van der Waals surface area contributed by atoms with Crippen LogP contribution in [-0.2, 0) is 23.4 Å². The van der Waals surface area contributed by atoms with E-state index in [1.165, 1.54) is 11.0 Å². The summed E-state index contributed by atoms with van der Waals surface area (Å²) < 4.78 is 5.56. The Morgan fingerprint density at radius 2 is 1.90 bits per heavy atom. The SMILES string of the molecule is CC(C)(C)OC(=O)N(CC(O)(O)c1cccc(Cl)c1)C1CCc2ccc(O)cc2C1. The molecule has 0 radical (unpaired) electrons. The molecule has 1 aliphatic carbocycles. The Labute approximate surface area is 181 Å². The minimum atomic E-state index is -2.30. The second-order valence-corrected chi connectivity index (χ2v) is 9.22. The van der Waals surface area contributed by atoms with Gasteiger partial charge in [0.25, 0.3) is 0 Å². The fourth-order valence-electron chi connectivity index (χ4n) is 3.72. The van der Waals surface area contributed by atoms with Crippen LogP contribution in [0.3, 0.4) is 0 Å². The van der Waals surface area contributed by atoms with E-state index in [0.717, 1.165) is 11.1 Å². The van der Waals surface area contributed by atoms with E-state index in [4.69, 9.17) is 16.3 Å². The number of aromatic hydroxyl groups is 1. The average Bonchev–Trinajstić information content (AvgIpc) is 2.64. The molecular weight excluding hydrogens is 406 g/mol. The van der Waals surface area contributed by atoms with Crippen LogP contribution in [0.4, 0.5) is 4.79 Å². The fraction of sp³-hybridized carbons (Fsp3) is 0.435. The standard InChI is InChI=1S/C23H28ClNO5/c1-22(2,3)30-21(27)25(14-23(28,29)17-5-4-6-18(24)13-17)19-9-7-15-8-10-20(26)12-16(15)11-19/h4-6,8,10,12-13,19,26,28-29H,7,9,11,14H2,1-3H3. The molecule has 0 aromatic heterocycles. The molecule has 6 nitrogen and oxygen atoms in total. The number of benzene rings is 2. The normalized spacial score (nSPS) is 16.7. The molecule has 0 saturated carbocycles. The predicted octanol–water partition coefficient (Wildman–Crippen LogP) is 3.98. The van der Waals surface area contributed by atoms with Gasteiger partial charge in [0.2, 0.25) is 5.79 Å². The van der Waals surface area contributed by atoms with Gasteiger partial charge in [0.15, 0.2) is 0 Å². The first-order valence-electron chi connectivity index (χ1n) is 9.96. The van der Waals surface area contributed by atoms with Crippen LogP contribution in [0, 0.1) is 0 Å². The van der Waals surface area contributed by atoms with Crippen molar-refractivity contribution in [3.63, 3.8) is 0 Å². The van der Waals surface area contributed by atoms with E-state index in [0.29, 0.717) is 24.3 Å². The number of nitrogens with zero attached hydrogens (tertiary/aromatic N) is 1. The topological polar surface area (TPSA) is 90.2 Å². The number of hydrogen-bond acceptors (Lipinski definition) is 5. The number of aryl methyl sites for hydroxylation is 1. The molecule has 2 aromatic rings. The van der Waals surface area contributed by atoms with E-state index in [-0.39, 0.29) is 23.9 Å². The molecule has 0 aliphatic heterocycles. The largest absolute Gasteiger partial charge is 0.508 e. The number of ether oxygens (including phenoxy) is 1. The van der Waals surface area contributed by atoms with E-state index in [2.05, 4.69) is 0 Å². The van der Waals surface area contributed by atoms with Crippen LogP contribution in [-0.4, -0.2) is 44.5 Å². The van der Waals surface area contributed by atoms with Crippen molar-refractivity contribution in [3.8, 4) is 5.75 Å². The summed E-state index contributed by atoms with van der Waals surface area (Å²) in [5.74, 6) is -2.14. The lowest BCUT2D eigenvalue weighted by Gasteiger charge is -2.39. The zero-order valence-electron chi connectivity index (χ0n) is 17.4. The molecular formula is C23H28ClNO5. The summed E-state index contributed by atoms with van der Waals surface area (Å²) in [5, 5.41) is 31.8. The van der Waals surface area contributed by atoms with Gasteiger partial charge in [-0.3, -0.25) is 4.90 Å². The van der Waals surface area contributed by atoms with Crippen LogP contribution in [0.5, 0.6) is 5.75 Å². The maximum Gasteiger partial charge on any atom is 0.410 e. The first-order chi connectivity index (χ1) is 13.9. The number of phenols is 1. The fourth-order valence-corrected chi connectivity index (χ4v) is 3.91. The number of hydrogen-bond donors (Lipinski definition) is 3. The van der Waals surface area contributed by atoms with Crippen LogP contribution in [0.1, 0.15) is 43.9 Å². The molecule has 0 fully saturated rings. The molecule has 0 heterocycles. The number of carbonyl (C=O) groups excluding carboxylic acids is 1. The van der Waals surface area contributed by atoms with E-state index in [9.17, 15) is 20.1 Å². The summed E-state index contributed by atoms with van der Waals surface area (Å²) in [5.41, 5.74) is 1.51. The molecule has 1 amide bonds. The molecule has 3 rings (SSSR count). The van der Waals surface area contributed by atoms with Gasteiger partial charge in [-0.2, -0.15) is 0 Å². The van der Waals surface area contributed by atoms with Crippen LogP contribution in [0.25, 0.3) is 0 Å². The van der Waals surface area contributed by atoms with Gasteiger partial charge in [0.1, 0.15) is 11.4 Å². The highest BCUT2D eigenvalue weighted by Gasteiger charge is 2.38. The number of phenolic OH excluding ortho intramolecular Hbond substituents is 1. The van der Waals surface area contributed by atoms with Gasteiger partial charge in [0.05, 0.1) is 6.54 Å². The Hall–Kier alpha value is -2.28. The van der Waals surface area contributed by atoms with Gasteiger partial charge < -0.3 is 20.1 Å². The molecule has 30 heavy (non-hydrogen) atoms. The van der Waals surface area contributed by atoms with Crippen molar-refractivity contribution in [2.75, 3.05) is 6.54 Å². The van der Waals surface area contributed by atoms with E-state index in [1.54, 1.807) is 51.1 Å². The zero-order chi connectivity index (χ0) is 22.1. The Kier molecular flexibility index (Phi) is 6.32. The van der Waals surface area contributed by atoms with E-state index < -0.39 is 17.5 Å². The van der Waals surface area contributed by atoms with Crippen LogP contribution in [0.2, 0.25) is 5.02 Å². The second-order valence-electron chi connectivity index (χ2n) is 8.78. The first kappa shape index (κ1) is 22.4. The van der Waals surface area contributed by atoms with Crippen molar-refractivity contribution in [2.24, 2.45) is 0 Å². The summed E-state index contributed by atoms with van der Waals surface area (Å²) in [4.78, 5) is 14.4. The van der Waals surface area contributed by atoms with Gasteiger partial charge in [-0.1, -0.05) is 29.8 Å². The van der Waals surface area contributed by atoms with Gasteiger partial charge in [-0.25, -0.2) is 4.79 Å². The van der Waals surface area contributed by atoms with Crippen molar-refractivity contribution in [3.05, 3.63) is 64.2 Å². The molecule has 0 saturated heterocycles. The average molecular weight is 434 g/mol. The summed E-state index contributed by atoms with van der Waals surface area (Å²) in [7, 11) is 0. The lowest BCUT2D eigenvalue weighted by atomic mass is 9.87. The van der Waals surface area contributed by atoms with Crippen molar-refractivity contribution in [2.45, 2.75) is 57.5 Å². The van der Waals surface area contributed by atoms with E-state index in [1.807, 2.05) is 6.07 Å². The maximum absolute atomic E-state index is 13.0. The molecule has 2 aromatic carbocycles. The molecule has 3 N–H and O–H groups in total. The summed E-state index contributed by atoms with van der Waals surface area (Å²) in [6.45, 7) is 4.92. The van der Waals surface area contributed by atoms with Crippen molar-refractivity contribution in [1.82, 2.24) is 4.90 Å². The van der Waals surface area contributed by atoms with Crippen LogP contribution >= 0.6 is 11.6 Å². The van der Waals surface area contributed by atoms with Gasteiger partial charge in [0, 0.05) is 16.6 Å². The highest BCUT2D eigenvalue weighted by molar-refractivity contribution is 6.30. The van der Waals surface area contributed by atoms with Crippen LogP contribution in [0.15, 0.2) is 42.5 Å². The molecule has 7 heteroatoms. The highest BCUT2D eigenvalue weighted by atomic mass is 35.5. The number of fused-ring (bicyclic) bond motifs is 1. The Balaban J connectivity index is 1.90. The maximum atomic E-state index is 13.0. The molecule has 1 unspecified atom stereocenters. The molecule has 1 atom stereocenters. The predicted molar refractivity (Wildman–Crippen MR) is 114 cm³/mol. The minimum absolute atomic E-state index is 0.163. The minimum Gasteiger partial charge on any atom is -0.508 e. The van der Waals surface area contributed by atoms with E-state index >= 15 is 0 Å². The number of rotatable bonds is 4.